The van der Waals surface area contributed by atoms with E-state index >= 15 is 0 Å². The molecule has 0 aromatic heterocycles. The van der Waals surface area contributed by atoms with Crippen molar-refractivity contribution in [3.8, 4) is 0 Å². The minimum atomic E-state index is -1.10. The van der Waals surface area contributed by atoms with E-state index in [2.05, 4.69) is 61.8 Å². The number of carbonyl (C=O) groups excluding carboxylic acids is 2. The fourth-order valence-corrected chi connectivity index (χ4v) is 3.49. The number of rotatable bonds is 7. The SMILES string of the molecule is C[SiH](C)OC[C@H]([C@@H]1C(=O)N[C@@H]1CC(=O)CI)C(C)(C)C. The fraction of sp³-hybridized carbons (Fsp3) is 0.857. The van der Waals surface area contributed by atoms with Crippen molar-refractivity contribution in [2.24, 2.45) is 17.3 Å². The number of ketones is 1. The molecule has 1 saturated heterocycles. The molecule has 1 heterocycles. The molecule has 0 aliphatic carbocycles. The molecule has 6 heteroatoms. The third-order valence-electron chi connectivity index (χ3n) is 3.82. The molecular weight excluding hydrogens is 385 g/mol. The molecule has 0 spiro atoms. The van der Waals surface area contributed by atoms with Crippen LogP contribution in [0.5, 0.6) is 0 Å². The lowest BCUT2D eigenvalue weighted by molar-refractivity contribution is -0.143. The Labute approximate surface area is 137 Å². The summed E-state index contributed by atoms with van der Waals surface area (Å²) in [5.74, 6) is 0.352. The molecule has 4 nitrogen and oxygen atoms in total. The average Bonchev–Trinajstić information content (AvgIpc) is 2.31. The summed E-state index contributed by atoms with van der Waals surface area (Å²) in [4.78, 5) is 23.6. The van der Waals surface area contributed by atoms with Crippen LogP contribution < -0.4 is 5.32 Å². The lowest BCUT2D eigenvalue weighted by atomic mass is 9.67. The molecule has 0 aromatic rings. The molecule has 1 fully saturated rings. The van der Waals surface area contributed by atoms with Gasteiger partial charge >= 0.3 is 0 Å². The van der Waals surface area contributed by atoms with Crippen LogP contribution in [-0.4, -0.2) is 37.8 Å². The van der Waals surface area contributed by atoms with E-state index in [4.69, 9.17) is 4.43 Å². The maximum atomic E-state index is 12.0. The summed E-state index contributed by atoms with van der Waals surface area (Å²) >= 11 is 2.08. The number of amides is 1. The third kappa shape index (κ3) is 4.80. The molecule has 3 atom stereocenters. The fourth-order valence-electron chi connectivity index (χ4n) is 2.58. The summed E-state index contributed by atoms with van der Waals surface area (Å²) < 4.78 is 6.39. The first kappa shape index (κ1) is 18.1. The van der Waals surface area contributed by atoms with Crippen molar-refractivity contribution in [1.82, 2.24) is 5.32 Å². The first-order valence-electron chi connectivity index (χ1n) is 7.16. The van der Waals surface area contributed by atoms with Gasteiger partial charge in [-0.2, -0.15) is 0 Å². The second-order valence-electron chi connectivity index (χ2n) is 6.87. The molecule has 1 rings (SSSR count). The third-order valence-corrected chi connectivity index (χ3v) is 5.53. The standard InChI is InChI=1S/C14H26INO3Si/c1-14(2,3)10(8-19-20(4)5)12-11(16-13(12)18)6-9(17)7-15/h10-12,20H,6-8H2,1-5H3,(H,16,18)/t10-,11-,12+/m1/s1. The summed E-state index contributed by atoms with van der Waals surface area (Å²) in [7, 11) is -1.10. The Balaban J connectivity index is 2.77. The highest BCUT2D eigenvalue weighted by molar-refractivity contribution is 14.1. The number of β-lactam (4-membered cyclic amide) rings is 1. The van der Waals surface area contributed by atoms with Crippen LogP contribution in [0.15, 0.2) is 0 Å². The van der Waals surface area contributed by atoms with Crippen molar-refractivity contribution in [2.75, 3.05) is 11.0 Å². The van der Waals surface area contributed by atoms with Gasteiger partial charge in [-0.1, -0.05) is 43.4 Å². The molecule has 0 bridgehead atoms. The van der Waals surface area contributed by atoms with Gasteiger partial charge in [-0.25, -0.2) is 0 Å². The molecule has 0 saturated carbocycles. The van der Waals surface area contributed by atoms with Gasteiger partial charge in [0.1, 0.15) is 5.78 Å². The van der Waals surface area contributed by atoms with E-state index in [1.165, 1.54) is 0 Å². The Hall–Kier alpha value is 0.0469. The van der Waals surface area contributed by atoms with E-state index in [0.29, 0.717) is 17.5 Å². The maximum Gasteiger partial charge on any atom is 0.225 e. The summed E-state index contributed by atoms with van der Waals surface area (Å²) in [5, 5.41) is 2.89. The number of halogens is 1. The van der Waals surface area contributed by atoms with Gasteiger partial charge in [0, 0.05) is 19.1 Å². The molecule has 0 aromatic carbocycles. The molecule has 0 radical (unpaired) electrons. The Bertz CT molecular complexity index is 368. The first-order valence-corrected chi connectivity index (χ1v) is 11.5. The molecule has 1 aliphatic rings. The number of nitrogens with one attached hydrogen (secondary N) is 1. The van der Waals surface area contributed by atoms with Gasteiger partial charge in [-0.3, -0.25) is 9.59 Å². The summed E-state index contributed by atoms with van der Waals surface area (Å²) in [6.45, 7) is 11.3. The Morgan fingerprint density at radius 3 is 2.45 bits per heavy atom. The van der Waals surface area contributed by atoms with Crippen molar-refractivity contribution in [3.05, 3.63) is 0 Å². The second-order valence-corrected chi connectivity index (χ2v) is 10.1. The molecule has 20 heavy (non-hydrogen) atoms. The lowest BCUT2D eigenvalue weighted by Crippen LogP contribution is -2.63. The van der Waals surface area contributed by atoms with E-state index in [1.54, 1.807) is 0 Å². The van der Waals surface area contributed by atoms with Crippen molar-refractivity contribution in [3.63, 3.8) is 0 Å². The maximum absolute atomic E-state index is 12.0. The summed E-state index contributed by atoms with van der Waals surface area (Å²) in [6, 6.07) is -0.00794. The zero-order chi connectivity index (χ0) is 15.5. The van der Waals surface area contributed by atoms with Gasteiger partial charge in [0.05, 0.1) is 10.3 Å². The number of alkyl halides is 1. The van der Waals surface area contributed by atoms with E-state index in [9.17, 15) is 9.59 Å². The quantitative estimate of drug-likeness (QED) is 0.302. The van der Waals surface area contributed by atoms with Crippen LogP contribution in [0.2, 0.25) is 13.1 Å². The molecular formula is C14H26INO3Si. The van der Waals surface area contributed by atoms with Crippen molar-refractivity contribution in [2.45, 2.75) is 46.3 Å². The number of carbonyl (C=O) groups is 2. The van der Waals surface area contributed by atoms with Crippen molar-refractivity contribution >= 4 is 43.3 Å². The van der Waals surface area contributed by atoms with Gasteiger partial charge < -0.3 is 9.74 Å². The molecule has 116 valence electrons. The largest absolute Gasteiger partial charge is 0.420 e. The average molecular weight is 411 g/mol. The van der Waals surface area contributed by atoms with Crippen molar-refractivity contribution in [1.29, 1.82) is 0 Å². The van der Waals surface area contributed by atoms with Gasteiger partial charge in [0.25, 0.3) is 0 Å². The van der Waals surface area contributed by atoms with E-state index in [-0.39, 0.29) is 35.0 Å². The van der Waals surface area contributed by atoms with Crippen LogP contribution in [0.3, 0.4) is 0 Å². The predicted molar refractivity (Wildman–Crippen MR) is 91.7 cm³/mol. The molecule has 1 aliphatic heterocycles. The number of Topliss-reactive ketones (excluding diaryl/α,β-unsaturated/α-hetero) is 1. The van der Waals surface area contributed by atoms with Gasteiger partial charge in [0.15, 0.2) is 9.04 Å². The minimum Gasteiger partial charge on any atom is -0.420 e. The van der Waals surface area contributed by atoms with Crippen LogP contribution in [-0.2, 0) is 14.0 Å². The van der Waals surface area contributed by atoms with Gasteiger partial charge in [0.2, 0.25) is 5.91 Å². The summed E-state index contributed by atoms with van der Waals surface area (Å²) in [6.07, 6.45) is 0.449. The number of hydrogen-bond donors (Lipinski definition) is 1. The zero-order valence-corrected chi connectivity index (χ0v) is 16.3. The van der Waals surface area contributed by atoms with Crippen LogP contribution in [0.1, 0.15) is 27.2 Å². The highest BCUT2D eigenvalue weighted by atomic mass is 127. The highest BCUT2D eigenvalue weighted by Gasteiger charge is 2.48. The summed E-state index contributed by atoms with van der Waals surface area (Å²) in [5.41, 5.74) is -0.00264. The normalized spacial score (nSPS) is 24.2. The van der Waals surface area contributed by atoms with Crippen molar-refractivity contribution < 1.29 is 14.0 Å². The van der Waals surface area contributed by atoms with Crippen LogP contribution >= 0.6 is 22.6 Å². The topological polar surface area (TPSA) is 55.4 Å². The van der Waals surface area contributed by atoms with E-state index < -0.39 is 9.04 Å². The molecule has 1 N–H and O–H groups in total. The molecule has 0 unspecified atom stereocenters. The lowest BCUT2D eigenvalue weighted by Gasteiger charge is -2.46. The minimum absolute atomic E-state index is 0.00264. The predicted octanol–water partition coefficient (Wildman–Crippen LogP) is 2.16. The Morgan fingerprint density at radius 1 is 1.45 bits per heavy atom. The van der Waals surface area contributed by atoms with Crippen LogP contribution in [0, 0.1) is 17.3 Å². The van der Waals surface area contributed by atoms with E-state index in [0.717, 1.165) is 0 Å². The Morgan fingerprint density at radius 2 is 2.05 bits per heavy atom. The number of hydrogen-bond acceptors (Lipinski definition) is 3. The first-order chi connectivity index (χ1) is 9.16. The smallest absolute Gasteiger partial charge is 0.225 e. The van der Waals surface area contributed by atoms with E-state index in [1.807, 2.05) is 0 Å². The highest BCUT2D eigenvalue weighted by Crippen LogP contribution is 2.38. The zero-order valence-electron chi connectivity index (χ0n) is 13.0. The second kappa shape index (κ2) is 7.35. The molecule has 1 amide bonds. The van der Waals surface area contributed by atoms with Gasteiger partial charge in [-0.05, 0) is 24.4 Å². The monoisotopic (exact) mass is 411 g/mol. The Kier molecular flexibility index (Phi) is 6.65. The van der Waals surface area contributed by atoms with Crippen LogP contribution in [0.4, 0.5) is 0 Å². The van der Waals surface area contributed by atoms with Gasteiger partial charge in [-0.15, -0.1) is 0 Å². The van der Waals surface area contributed by atoms with Crippen LogP contribution in [0.25, 0.3) is 0 Å².